The molecule has 0 bridgehead atoms. The van der Waals surface area contributed by atoms with Crippen molar-refractivity contribution in [1.29, 1.82) is 0 Å². The predicted octanol–water partition coefficient (Wildman–Crippen LogP) is 5.70. The molecular formula is C20H25ClO2. The Morgan fingerprint density at radius 2 is 1.48 bits per heavy atom. The molecule has 0 amide bonds. The zero-order chi connectivity index (χ0) is 17.3. The number of phenols is 1. The summed E-state index contributed by atoms with van der Waals surface area (Å²) in [6, 6.07) is 13.5. The molecule has 2 aromatic rings. The highest BCUT2D eigenvalue weighted by Gasteiger charge is 2.23. The topological polar surface area (TPSA) is 29.5 Å². The lowest BCUT2D eigenvalue weighted by Gasteiger charge is -2.26. The van der Waals surface area contributed by atoms with Crippen molar-refractivity contribution in [3.63, 3.8) is 0 Å². The van der Waals surface area contributed by atoms with Crippen molar-refractivity contribution in [3.05, 3.63) is 58.6 Å². The van der Waals surface area contributed by atoms with Crippen molar-refractivity contribution in [2.75, 3.05) is 6.61 Å². The molecule has 23 heavy (non-hydrogen) atoms. The Hall–Kier alpha value is -1.67. The molecule has 2 nitrogen and oxygen atoms in total. The zero-order valence-electron chi connectivity index (χ0n) is 14.5. The van der Waals surface area contributed by atoms with Gasteiger partial charge in [-0.1, -0.05) is 64.4 Å². The van der Waals surface area contributed by atoms with E-state index >= 15 is 0 Å². The van der Waals surface area contributed by atoms with Crippen molar-refractivity contribution >= 4 is 11.6 Å². The summed E-state index contributed by atoms with van der Waals surface area (Å²) in [5.41, 5.74) is 2.25. The Kier molecular flexibility index (Phi) is 4.95. The minimum absolute atomic E-state index is 0.102. The number of hydrogen-bond acceptors (Lipinski definition) is 2. The van der Waals surface area contributed by atoms with Crippen LogP contribution in [0.1, 0.15) is 45.7 Å². The van der Waals surface area contributed by atoms with Gasteiger partial charge in [0.15, 0.2) is 0 Å². The van der Waals surface area contributed by atoms with Crippen LogP contribution in [0.5, 0.6) is 11.5 Å². The summed E-state index contributed by atoms with van der Waals surface area (Å²) in [7, 11) is 0. The van der Waals surface area contributed by atoms with Gasteiger partial charge in [0.2, 0.25) is 0 Å². The Morgan fingerprint density at radius 1 is 0.913 bits per heavy atom. The standard InChI is InChI=1S/C20H25ClO2/c1-19(2,3)14-6-9-16(10-7-14)23-13-20(4,5)15-8-11-18(22)17(21)12-15/h6-12,22H,13H2,1-5H3. The number of phenolic OH excluding ortho intramolecular Hbond substituents is 1. The molecule has 0 fully saturated rings. The Bertz CT molecular complexity index is 667. The highest BCUT2D eigenvalue weighted by Crippen LogP contribution is 2.31. The van der Waals surface area contributed by atoms with Crippen molar-refractivity contribution in [2.45, 2.75) is 45.4 Å². The van der Waals surface area contributed by atoms with E-state index in [9.17, 15) is 5.11 Å². The monoisotopic (exact) mass is 332 g/mol. The van der Waals surface area contributed by atoms with Crippen molar-refractivity contribution in [1.82, 2.24) is 0 Å². The first-order valence-electron chi connectivity index (χ1n) is 7.82. The largest absolute Gasteiger partial charge is 0.506 e. The maximum atomic E-state index is 9.55. The third-order valence-corrected chi connectivity index (χ3v) is 4.35. The minimum atomic E-state index is -0.208. The molecular weight excluding hydrogens is 308 g/mol. The van der Waals surface area contributed by atoms with Gasteiger partial charge in [0.05, 0.1) is 11.6 Å². The van der Waals surface area contributed by atoms with Crippen molar-refractivity contribution < 1.29 is 9.84 Å². The Morgan fingerprint density at radius 3 is 2.00 bits per heavy atom. The molecule has 0 heterocycles. The van der Waals surface area contributed by atoms with Crippen LogP contribution in [0.2, 0.25) is 5.02 Å². The van der Waals surface area contributed by atoms with E-state index in [0.717, 1.165) is 11.3 Å². The van der Waals surface area contributed by atoms with Gasteiger partial charge in [-0.15, -0.1) is 0 Å². The van der Waals surface area contributed by atoms with E-state index in [1.165, 1.54) is 5.56 Å². The van der Waals surface area contributed by atoms with Gasteiger partial charge in [-0.05, 0) is 40.8 Å². The molecule has 0 aromatic heterocycles. The van der Waals surface area contributed by atoms with Crippen LogP contribution in [0.25, 0.3) is 0 Å². The molecule has 1 N–H and O–H groups in total. The van der Waals surface area contributed by atoms with E-state index in [-0.39, 0.29) is 16.6 Å². The second kappa shape index (κ2) is 6.45. The first kappa shape index (κ1) is 17.7. The van der Waals surface area contributed by atoms with E-state index in [4.69, 9.17) is 16.3 Å². The van der Waals surface area contributed by atoms with Crippen molar-refractivity contribution in [2.24, 2.45) is 0 Å². The fourth-order valence-electron chi connectivity index (χ4n) is 2.33. The molecule has 0 aliphatic rings. The SMILES string of the molecule is CC(C)(C)c1ccc(OCC(C)(C)c2ccc(O)c(Cl)c2)cc1. The molecule has 0 saturated carbocycles. The van der Waals surface area contributed by atoms with E-state index in [1.54, 1.807) is 12.1 Å². The molecule has 124 valence electrons. The molecule has 0 atom stereocenters. The van der Waals surface area contributed by atoms with Crippen LogP contribution in [0.4, 0.5) is 0 Å². The summed E-state index contributed by atoms with van der Waals surface area (Å²) >= 11 is 6.01. The van der Waals surface area contributed by atoms with Gasteiger partial charge in [-0.25, -0.2) is 0 Å². The summed E-state index contributed by atoms with van der Waals surface area (Å²) in [4.78, 5) is 0. The van der Waals surface area contributed by atoms with Gasteiger partial charge in [0, 0.05) is 5.41 Å². The number of rotatable bonds is 4. The highest BCUT2D eigenvalue weighted by atomic mass is 35.5. The molecule has 0 spiro atoms. The summed E-state index contributed by atoms with van der Waals surface area (Å²) in [6.07, 6.45) is 0. The van der Waals surface area contributed by atoms with Gasteiger partial charge in [-0.3, -0.25) is 0 Å². The van der Waals surface area contributed by atoms with Crippen LogP contribution in [0, 0.1) is 0 Å². The van der Waals surface area contributed by atoms with Crippen LogP contribution in [0.3, 0.4) is 0 Å². The minimum Gasteiger partial charge on any atom is -0.506 e. The normalized spacial score (nSPS) is 12.3. The number of halogens is 1. The Balaban J connectivity index is 2.08. The fourth-order valence-corrected chi connectivity index (χ4v) is 2.51. The third kappa shape index (κ3) is 4.42. The molecule has 3 heteroatoms. The number of ether oxygens (including phenoxy) is 1. The smallest absolute Gasteiger partial charge is 0.134 e. The van der Waals surface area contributed by atoms with Gasteiger partial charge in [0.1, 0.15) is 11.5 Å². The van der Waals surface area contributed by atoms with Gasteiger partial charge < -0.3 is 9.84 Å². The van der Waals surface area contributed by atoms with E-state index in [2.05, 4.69) is 46.8 Å². The van der Waals surface area contributed by atoms with E-state index < -0.39 is 0 Å². The average Bonchev–Trinajstić information content (AvgIpc) is 2.47. The maximum absolute atomic E-state index is 9.55. The Labute approximate surface area is 144 Å². The van der Waals surface area contributed by atoms with Crippen LogP contribution < -0.4 is 4.74 Å². The van der Waals surface area contributed by atoms with Gasteiger partial charge in [-0.2, -0.15) is 0 Å². The quantitative estimate of drug-likeness (QED) is 0.778. The molecule has 0 unspecified atom stereocenters. The molecule has 0 aliphatic heterocycles. The lowest BCUT2D eigenvalue weighted by molar-refractivity contribution is 0.240. The number of aromatic hydroxyl groups is 1. The van der Waals surface area contributed by atoms with Crippen LogP contribution in [-0.4, -0.2) is 11.7 Å². The average molecular weight is 333 g/mol. The van der Waals surface area contributed by atoms with Crippen LogP contribution >= 0.6 is 11.6 Å². The molecule has 0 aliphatic carbocycles. The summed E-state index contributed by atoms with van der Waals surface area (Å²) in [6.45, 7) is 11.3. The number of benzene rings is 2. The lowest BCUT2D eigenvalue weighted by atomic mass is 9.85. The maximum Gasteiger partial charge on any atom is 0.134 e. The van der Waals surface area contributed by atoms with Gasteiger partial charge >= 0.3 is 0 Å². The van der Waals surface area contributed by atoms with Crippen molar-refractivity contribution in [3.8, 4) is 11.5 Å². The fraction of sp³-hybridized carbons (Fsp3) is 0.400. The highest BCUT2D eigenvalue weighted by molar-refractivity contribution is 6.32. The lowest BCUT2D eigenvalue weighted by Crippen LogP contribution is -2.26. The van der Waals surface area contributed by atoms with Crippen LogP contribution in [-0.2, 0) is 10.8 Å². The molecule has 2 rings (SSSR count). The first-order valence-corrected chi connectivity index (χ1v) is 8.20. The second-order valence-electron chi connectivity index (χ2n) is 7.61. The molecule has 0 saturated heterocycles. The van der Waals surface area contributed by atoms with Gasteiger partial charge in [0.25, 0.3) is 0 Å². The summed E-state index contributed by atoms with van der Waals surface area (Å²) in [5, 5.41) is 9.91. The van der Waals surface area contributed by atoms with E-state index in [0.29, 0.717) is 11.6 Å². The molecule has 2 aromatic carbocycles. The zero-order valence-corrected chi connectivity index (χ0v) is 15.2. The predicted molar refractivity (Wildman–Crippen MR) is 96.8 cm³/mol. The first-order chi connectivity index (χ1) is 10.6. The van der Waals surface area contributed by atoms with Crippen LogP contribution in [0.15, 0.2) is 42.5 Å². The van der Waals surface area contributed by atoms with E-state index in [1.807, 2.05) is 18.2 Å². The third-order valence-electron chi connectivity index (χ3n) is 4.05. The molecule has 0 radical (unpaired) electrons. The summed E-state index contributed by atoms with van der Waals surface area (Å²) in [5.74, 6) is 0.959. The summed E-state index contributed by atoms with van der Waals surface area (Å²) < 4.78 is 5.96. The second-order valence-corrected chi connectivity index (χ2v) is 8.02. The number of hydrogen-bond donors (Lipinski definition) is 1.